The van der Waals surface area contributed by atoms with Crippen molar-refractivity contribution in [1.82, 2.24) is 16.0 Å². The molecular formula is C20H30N4O6. The highest BCUT2D eigenvalue weighted by atomic mass is 16.4. The number of rotatable bonds is 11. The van der Waals surface area contributed by atoms with Gasteiger partial charge >= 0.3 is 5.97 Å². The molecule has 0 heterocycles. The van der Waals surface area contributed by atoms with Gasteiger partial charge in [0.1, 0.15) is 17.8 Å². The minimum absolute atomic E-state index is 0.0464. The fourth-order valence-electron chi connectivity index (χ4n) is 2.59. The second kappa shape index (κ2) is 11.8. The number of phenolic OH excluding ortho intramolecular Hbond substituents is 1. The molecule has 30 heavy (non-hydrogen) atoms. The Kier molecular flexibility index (Phi) is 9.76. The molecule has 1 aromatic carbocycles. The number of nitrogens with two attached hydrogens (primary N) is 1. The number of carboxylic acid groups (broad SMARTS) is 1. The van der Waals surface area contributed by atoms with Crippen LogP contribution >= 0.6 is 0 Å². The number of carboxylic acids is 1. The third kappa shape index (κ3) is 8.08. The van der Waals surface area contributed by atoms with Crippen LogP contribution < -0.4 is 21.7 Å². The lowest BCUT2D eigenvalue weighted by molar-refractivity contribution is -0.143. The van der Waals surface area contributed by atoms with Gasteiger partial charge in [0.05, 0.1) is 12.6 Å². The van der Waals surface area contributed by atoms with Crippen molar-refractivity contribution >= 4 is 23.7 Å². The monoisotopic (exact) mass is 422 g/mol. The summed E-state index contributed by atoms with van der Waals surface area (Å²) in [6.07, 6.45) is 0.599. The van der Waals surface area contributed by atoms with Crippen LogP contribution in [0.25, 0.3) is 0 Å². The Hall–Kier alpha value is -3.14. The maximum atomic E-state index is 12.8. The summed E-state index contributed by atoms with van der Waals surface area (Å²) in [5, 5.41) is 26.2. The first kappa shape index (κ1) is 24.9. The molecule has 4 atom stereocenters. The number of aromatic hydroxyl groups is 1. The van der Waals surface area contributed by atoms with Gasteiger partial charge in [-0.1, -0.05) is 32.4 Å². The summed E-state index contributed by atoms with van der Waals surface area (Å²) in [5.41, 5.74) is 6.07. The molecule has 0 aliphatic carbocycles. The van der Waals surface area contributed by atoms with Gasteiger partial charge in [0, 0.05) is 6.42 Å². The smallest absolute Gasteiger partial charge is 0.326 e. The second-order valence-electron chi connectivity index (χ2n) is 7.21. The highest BCUT2D eigenvalue weighted by molar-refractivity contribution is 5.92. The largest absolute Gasteiger partial charge is 0.508 e. The van der Waals surface area contributed by atoms with E-state index in [0.717, 1.165) is 0 Å². The van der Waals surface area contributed by atoms with Gasteiger partial charge in [-0.05, 0) is 30.5 Å². The van der Waals surface area contributed by atoms with Crippen LogP contribution in [0, 0.1) is 5.92 Å². The molecule has 3 amide bonds. The summed E-state index contributed by atoms with van der Waals surface area (Å²) < 4.78 is 0. The Labute approximate surface area is 175 Å². The van der Waals surface area contributed by atoms with Gasteiger partial charge in [-0.3, -0.25) is 14.4 Å². The van der Waals surface area contributed by atoms with Gasteiger partial charge in [-0.15, -0.1) is 0 Å². The first-order chi connectivity index (χ1) is 14.0. The number of benzene rings is 1. The van der Waals surface area contributed by atoms with E-state index < -0.39 is 41.8 Å². The summed E-state index contributed by atoms with van der Waals surface area (Å²) in [6, 6.07) is 3.06. The number of aliphatic carboxylic acids is 1. The second-order valence-corrected chi connectivity index (χ2v) is 7.21. The van der Waals surface area contributed by atoms with Crippen molar-refractivity contribution in [2.24, 2.45) is 11.7 Å². The molecule has 0 radical (unpaired) electrons. The van der Waals surface area contributed by atoms with Gasteiger partial charge in [0.2, 0.25) is 17.7 Å². The molecule has 0 aliphatic heterocycles. The first-order valence-electron chi connectivity index (χ1n) is 9.68. The molecule has 4 unspecified atom stereocenters. The van der Waals surface area contributed by atoms with Crippen LogP contribution in [0.4, 0.5) is 0 Å². The van der Waals surface area contributed by atoms with Gasteiger partial charge in [0.25, 0.3) is 0 Å². The van der Waals surface area contributed by atoms with Crippen LogP contribution in [0.2, 0.25) is 0 Å². The van der Waals surface area contributed by atoms with E-state index in [4.69, 9.17) is 5.73 Å². The molecule has 0 saturated carbocycles. The van der Waals surface area contributed by atoms with Crippen LogP contribution in [0.3, 0.4) is 0 Å². The lowest BCUT2D eigenvalue weighted by Crippen LogP contribution is -2.55. The minimum atomic E-state index is -1.17. The van der Waals surface area contributed by atoms with Crippen LogP contribution in [-0.2, 0) is 25.6 Å². The lowest BCUT2D eigenvalue weighted by atomic mass is 9.98. The van der Waals surface area contributed by atoms with Crippen molar-refractivity contribution in [1.29, 1.82) is 0 Å². The van der Waals surface area contributed by atoms with Crippen LogP contribution in [-0.4, -0.2) is 58.6 Å². The van der Waals surface area contributed by atoms with Crippen molar-refractivity contribution in [3.05, 3.63) is 29.8 Å². The van der Waals surface area contributed by atoms with E-state index in [1.807, 2.05) is 6.92 Å². The molecule has 166 valence electrons. The fraction of sp³-hybridized carbons (Fsp3) is 0.500. The predicted octanol–water partition coefficient (Wildman–Crippen LogP) is -0.502. The number of phenols is 1. The van der Waals surface area contributed by atoms with Gasteiger partial charge in [-0.2, -0.15) is 0 Å². The number of carbonyl (C=O) groups excluding carboxylic acids is 3. The lowest BCUT2D eigenvalue weighted by Gasteiger charge is -2.24. The summed E-state index contributed by atoms with van der Waals surface area (Å²) in [4.78, 5) is 48.1. The molecular weight excluding hydrogens is 392 g/mol. The topological polar surface area (TPSA) is 171 Å². The van der Waals surface area contributed by atoms with E-state index in [2.05, 4.69) is 16.0 Å². The Morgan fingerprint density at radius 3 is 2.13 bits per heavy atom. The zero-order valence-electron chi connectivity index (χ0n) is 17.3. The van der Waals surface area contributed by atoms with Gasteiger partial charge in [-0.25, -0.2) is 4.79 Å². The number of hydrogen-bond donors (Lipinski definition) is 6. The first-order valence-corrected chi connectivity index (χ1v) is 9.68. The average molecular weight is 422 g/mol. The zero-order chi connectivity index (χ0) is 22.8. The third-order valence-electron chi connectivity index (χ3n) is 4.64. The van der Waals surface area contributed by atoms with E-state index in [1.165, 1.54) is 19.1 Å². The summed E-state index contributed by atoms with van der Waals surface area (Å²) >= 11 is 0. The Balaban J connectivity index is 2.94. The van der Waals surface area contributed by atoms with E-state index >= 15 is 0 Å². The summed E-state index contributed by atoms with van der Waals surface area (Å²) in [5.74, 6) is -3.25. The molecule has 7 N–H and O–H groups in total. The molecule has 0 bridgehead atoms. The molecule has 0 spiro atoms. The maximum Gasteiger partial charge on any atom is 0.326 e. The Morgan fingerprint density at radius 2 is 1.63 bits per heavy atom. The maximum absolute atomic E-state index is 12.8. The summed E-state index contributed by atoms with van der Waals surface area (Å²) in [7, 11) is 0. The van der Waals surface area contributed by atoms with Crippen LogP contribution in [0.15, 0.2) is 24.3 Å². The van der Waals surface area contributed by atoms with Gasteiger partial charge < -0.3 is 31.9 Å². The number of hydrogen-bond acceptors (Lipinski definition) is 6. The minimum Gasteiger partial charge on any atom is -0.508 e. The number of carbonyl (C=O) groups is 4. The molecule has 1 rings (SSSR count). The highest BCUT2D eigenvalue weighted by Gasteiger charge is 2.29. The SMILES string of the molecule is CCC(C)C(NC(=O)C(Cc1ccc(O)cc1)NC(=O)CNC(=O)C(C)N)C(=O)O. The molecule has 0 aromatic heterocycles. The van der Waals surface area contributed by atoms with Crippen molar-refractivity contribution in [2.45, 2.75) is 51.7 Å². The Bertz CT molecular complexity index is 750. The van der Waals surface area contributed by atoms with E-state index in [9.17, 15) is 29.4 Å². The van der Waals surface area contributed by atoms with E-state index in [1.54, 1.807) is 19.1 Å². The molecule has 10 heteroatoms. The van der Waals surface area contributed by atoms with Crippen LogP contribution in [0.1, 0.15) is 32.8 Å². The molecule has 0 fully saturated rings. The summed E-state index contributed by atoms with van der Waals surface area (Å²) in [6.45, 7) is 4.60. The van der Waals surface area contributed by atoms with E-state index in [-0.39, 0.29) is 24.6 Å². The van der Waals surface area contributed by atoms with Crippen molar-refractivity contribution in [2.75, 3.05) is 6.54 Å². The van der Waals surface area contributed by atoms with Gasteiger partial charge in [0.15, 0.2) is 0 Å². The highest BCUT2D eigenvalue weighted by Crippen LogP contribution is 2.13. The molecule has 1 aromatic rings. The fourth-order valence-corrected chi connectivity index (χ4v) is 2.59. The zero-order valence-corrected chi connectivity index (χ0v) is 17.3. The molecule has 0 saturated heterocycles. The third-order valence-corrected chi connectivity index (χ3v) is 4.64. The van der Waals surface area contributed by atoms with Crippen molar-refractivity contribution < 1.29 is 29.4 Å². The number of amides is 3. The Morgan fingerprint density at radius 1 is 1.03 bits per heavy atom. The van der Waals surface area contributed by atoms with E-state index in [0.29, 0.717) is 12.0 Å². The quantitative estimate of drug-likeness (QED) is 0.279. The van der Waals surface area contributed by atoms with Crippen LogP contribution in [0.5, 0.6) is 5.75 Å². The number of nitrogens with one attached hydrogen (secondary N) is 3. The predicted molar refractivity (Wildman–Crippen MR) is 109 cm³/mol. The molecule has 0 aliphatic rings. The molecule has 10 nitrogen and oxygen atoms in total. The van der Waals surface area contributed by atoms with Crippen molar-refractivity contribution in [3.63, 3.8) is 0 Å². The standard InChI is InChI=1S/C20H30N4O6/c1-4-11(2)17(20(29)30)24-19(28)15(9-13-5-7-14(25)8-6-13)23-16(26)10-22-18(27)12(3)21/h5-8,11-12,15,17,25H,4,9-10,21H2,1-3H3,(H,22,27)(H,23,26)(H,24,28)(H,29,30). The average Bonchev–Trinajstić information content (AvgIpc) is 2.70. The van der Waals surface area contributed by atoms with Crippen molar-refractivity contribution in [3.8, 4) is 5.75 Å². The normalized spacial score (nSPS) is 14.7.